The maximum atomic E-state index is 7.13. The van der Waals surface area contributed by atoms with Crippen LogP contribution < -0.4 is 0 Å². The number of aromatic nitrogens is 1. The molecule has 3 aliphatic rings. The fraction of sp³-hybridized carbons (Fsp3) is 0.500. The lowest BCUT2D eigenvalue weighted by atomic mass is 9.65. The zero-order valence-corrected chi connectivity index (χ0v) is 18.9. The minimum absolute atomic E-state index is 0.0888. The van der Waals surface area contributed by atoms with Gasteiger partial charge in [-0.2, -0.15) is 0 Å². The van der Waals surface area contributed by atoms with E-state index in [0.717, 1.165) is 25.7 Å². The molecule has 3 heteroatoms. The van der Waals surface area contributed by atoms with Crippen LogP contribution in [0.5, 0.6) is 0 Å². The van der Waals surface area contributed by atoms with Gasteiger partial charge in [-0.05, 0) is 69.8 Å². The zero-order valence-electron chi connectivity index (χ0n) is 18.9. The summed E-state index contributed by atoms with van der Waals surface area (Å²) in [5.41, 5.74) is 5.64. The van der Waals surface area contributed by atoms with Crippen LogP contribution >= 0.6 is 0 Å². The van der Waals surface area contributed by atoms with Crippen LogP contribution in [0.4, 0.5) is 0 Å². The third-order valence-corrected chi connectivity index (χ3v) is 8.70. The van der Waals surface area contributed by atoms with Crippen molar-refractivity contribution in [3.63, 3.8) is 0 Å². The molecule has 2 saturated carbocycles. The lowest BCUT2D eigenvalue weighted by Gasteiger charge is -2.53. The van der Waals surface area contributed by atoms with Crippen LogP contribution in [0.1, 0.15) is 74.1 Å². The first-order valence-corrected chi connectivity index (χ1v) is 12.1. The molecule has 2 aliphatic carbocycles. The molecule has 1 spiro atoms. The van der Waals surface area contributed by atoms with Crippen molar-refractivity contribution in [2.75, 3.05) is 14.1 Å². The summed E-state index contributed by atoms with van der Waals surface area (Å²) >= 11 is 0. The van der Waals surface area contributed by atoms with E-state index >= 15 is 0 Å². The van der Waals surface area contributed by atoms with Gasteiger partial charge < -0.3 is 9.72 Å². The second-order valence-electron chi connectivity index (χ2n) is 10.3. The Kier molecular flexibility index (Phi) is 4.56. The van der Waals surface area contributed by atoms with Crippen molar-refractivity contribution < 1.29 is 4.74 Å². The van der Waals surface area contributed by atoms with Gasteiger partial charge in [0.25, 0.3) is 0 Å². The number of fused-ring (bicyclic) bond motifs is 6. The van der Waals surface area contributed by atoms with Crippen molar-refractivity contribution in [1.29, 1.82) is 0 Å². The molecule has 3 aromatic rings. The van der Waals surface area contributed by atoms with Crippen molar-refractivity contribution in [2.24, 2.45) is 0 Å². The molecule has 1 N–H and O–H groups in total. The quantitative estimate of drug-likeness (QED) is 0.522. The Hall–Kier alpha value is -2.10. The molecule has 0 amide bonds. The van der Waals surface area contributed by atoms with E-state index in [1.54, 1.807) is 5.56 Å². The van der Waals surface area contributed by atoms with E-state index in [9.17, 15) is 0 Å². The molecule has 2 heterocycles. The Bertz CT molecular complexity index is 1070. The van der Waals surface area contributed by atoms with Gasteiger partial charge >= 0.3 is 0 Å². The number of ether oxygens (including phenoxy) is 1. The van der Waals surface area contributed by atoms with Crippen molar-refractivity contribution in [1.82, 2.24) is 9.88 Å². The summed E-state index contributed by atoms with van der Waals surface area (Å²) in [7, 11) is 4.50. The minimum atomic E-state index is -0.166. The largest absolute Gasteiger partial charge is 0.365 e. The van der Waals surface area contributed by atoms with Gasteiger partial charge in [-0.1, -0.05) is 61.4 Å². The summed E-state index contributed by atoms with van der Waals surface area (Å²) in [4.78, 5) is 6.32. The highest BCUT2D eigenvalue weighted by atomic mass is 16.5. The molecule has 2 atom stereocenters. The van der Waals surface area contributed by atoms with Gasteiger partial charge in [0, 0.05) is 22.4 Å². The number of aromatic amines is 1. The maximum Gasteiger partial charge on any atom is 0.109 e. The van der Waals surface area contributed by atoms with Gasteiger partial charge in [0.2, 0.25) is 0 Å². The van der Waals surface area contributed by atoms with Crippen molar-refractivity contribution in [2.45, 2.75) is 74.5 Å². The summed E-state index contributed by atoms with van der Waals surface area (Å²) in [5, 5.41) is 1.43. The lowest BCUT2D eigenvalue weighted by molar-refractivity contribution is -0.166. The highest BCUT2D eigenvalue weighted by Gasteiger charge is 2.53. The molecule has 2 aromatic carbocycles. The van der Waals surface area contributed by atoms with Gasteiger partial charge in [0.15, 0.2) is 0 Å². The number of hydrogen-bond acceptors (Lipinski definition) is 2. The first kappa shape index (κ1) is 19.6. The first-order valence-electron chi connectivity index (χ1n) is 12.1. The Morgan fingerprint density at radius 3 is 2.35 bits per heavy atom. The fourth-order valence-corrected chi connectivity index (χ4v) is 7.00. The molecule has 0 saturated heterocycles. The molecule has 1 aliphatic heterocycles. The Morgan fingerprint density at radius 1 is 0.871 bits per heavy atom. The zero-order chi connectivity index (χ0) is 21.1. The van der Waals surface area contributed by atoms with E-state index in [-0.39, 0.29) is 11.1 Å². The topological polar surface area (TPSA) is 28.3 Å². The normalized spacial score (nSPS) is 32.9. The molecule has 2 unspecified atom stereocenters. The summed E-state index contributed by atoms with van der Waals surface area (Å²) < 4.78 is 7.13. The van der Waals surface area contributed by atoms with Gasteiger partial charge in [-0.15, -0.1) is 0 Å². The third-order valence-electron chi connectivity index (χ3n) is 8.70. The maximum absolute atomic E-state index is 7.13. The Labute approximate surface area is 185 Å². The SMILES string of the molecule is CN(C)C1(c2ccccc2)CCC2(CC1)OC1CCCCC1c1c2[nH]c2ccccc12. The summed E-state index contributed by atoms with van der Waals surface area (Å²) in [5.74, 6) is 0.556. The van der Waals surface area contributed by atoms with E-state index in [2.05, 4.69) is 78.6 Å². The fourth-order valence-electron chi connectivity index (χ4n) is 7.00. The van der Waals surface area contributed by atoms with Crippen LogP contribution in [-0.4, -0.2) is 30.1 Å². The van der Waals surface area contributed by atoms with Gasteiger partial charge in [-0.3, -0.25) is 4.90 Å². The van der Waals surface area contributed by atoms with Crippen molar-refractivity contribution in [3.05, 3.63) is 71.4 Å². The number of nitrogens with zero attached hydrogens (tertiary/aromatic N) is 1. The average Bonchev–Trinajstić information content (AvgIpc) is 3.21. The van der Waals surface area contributed by atoms with Gasteiger partial charge in [-0.25, -0.2) is 0 Å². The molecule has 3 nitrogen and oxygen atoms in total. The Balaban J connectivity index is 1.44. The number of para-hydroxylation sites is 1. The highest BCUT2D eigenvalue weighted by Crippen LogP contribution is 2.57. The lowest BCUT2D eigenvalue weighted by Crippen LogP contribution is -2.52. The molecular formula is C28H34N2O. The predicted molar refractivity (Wildman–Crippen MR) is 126 cm³/mol. The number of H-pyrrole nitrogens is 1. The number of rotatable bonds is 2. The predicted octanol–water partition coefficient (Wildman–Crippen LogP) is 6.45. The molecule has 2 fully saturated rings. The number of nitrogens with one attached hydrogen (secondary N) is 1. The van der Waals surface area contributed by atoms with Crippen LogP contribution in [0.15, 0.2) is 54.6 Å². The number of benzene rings is 2. The monoisotopic (exact) mass is 414 g/mol. The summed E-state index contributed by atoms with van der Waals surface area (Å²) in [6.45, 7) is 0. The first-order chi connectivity index (χ1) is 15.1. The molecule has 0 radical (unpaired) electrons. The smallest absolute Gasteiger partial charge is 0.109 e. The molecule has 31 heavy (non-hydrogen) atoms. The molecule has 162 valence electrons. The van der Waals surface area contributed by atoms with Crippen LogP contribution in [0.2, 0.25) is 0 Å². The van der Waals surface area contributed by atoms with Gasteiger partial charge in [0.05, 0.1) is 11.8 Å². The van der Waals surface area contributed by atoms with Crippen molar-refractivity contribution in [3.8, 4) is 0 Å². The van der Waals surface area contributed by atoms with E-state index in [1.807, 2.05) is 0 Å². The Morgan fingerprint density at radius 2 is 1.58 bits per heavy atom. The standard InChI is InChI=1S/C28H34N2O/c1-30(2)27(20-10-4-3-5-11-20)16-18-28(19-17-27)26-25(21-12-6-8-14-23(21)29-26)22-13-7-9-15-24(22)31-28/h3-6,8,10-12,14,22,24,29H,7,9,13,15-19H2,1-2H3. The van der Waals surface area contributed by atoms with Crippen molar-refractivity contribution >= 4 is 10.9 Å². The second-order valence-corrected chi connectivity index (χ2v) is 10.3. The second kappa shape index (κ2) is 7.21. The van der Waals surface area contributed by atoms with Crippen LogP contribution in [0.3, 0.4) is 0 Å². The van der Waals surface area contributed by atoms with E-state index in [4.69, 9.17) is 4.74 Å². The van der Waals surface area contributed by atoms with E-state index in [1.165, 1.54) is 47.8 Å². The van der Waals surface area contributed by atoms with E-state index in [0.29, 0.717) is 12.0 Å². The number of hydrogen-bond donors (Lipinski definition) is 1. The van der Waals surface area contributed by atoms with Crippen LogP contribution in [0, 0.1) is 0 Å². The molecular weight excluding hydrogens is 380 g/mol. The minimum Gasteiger partial charge on any atom is -0.365 e. The molecule has 6 rings (SSSR count). The summed E-state index contributed by atoms with van der Waals surface area (Å²) in [6.07, 6.45) is 9.88. The average molecular weight is 415 g/mol. The third kappa shape index (κ3) is 2.86. The highest BCUT2D eigenvalue weighted by molar-refractivity contribution is 5.86. The molecule has 0 bridgehead atoms. The van der Waals surface area contributed by atoms with Gasteiger partial charge in [0.1, 0.15) is 5.60 Å². The van der Waals surface area contributed by atoms with Crippen LogP contribution in [-0.2, 0) is 15.9 Å². The summed E-state index contributed by atoms with van der Waals surface area (Å²) in [6, 6.07) is 20.0. The van der Waals surface area contributed by atoms with E-state index < -0.39 is 0 Å². The van der Waals surface area contributed by atoms with Crippen LogP contribution in [0.25, 0.3) is 10.9 Å². The molecule has 1 aromatic heterocycles.